The van der Waals surface area contributed by atoms with E-state index < -0.39 is 0 Å². The van der Waals surface area contributed by atoms with Crippen LogP contribution in [0.5, 0.6) is 0 Å². The summed E-state index contributed by atoms with van der Waals surface area (Å²) in [6.45, 7) is 4.20. The molecule has 0 saturated carbocycles. The van der Waals surface area contributed by atoms with Crippen LogP contribution in [0.15, 0.2) is 59.9 Å². The van der Waals surface area contributed by atoms with Crippen LogP contribution in [0.4, 0.5) is 11.9 Å². The lowest BCUT2D eigenvalue weighted by Crippen LogP contribution is -2.06. The molecule has 0 bridgehead atoms. The molecular formula is C21H21N7S. The zero-order valence-electron chi connectivity index (χ0n) is 16.2. The van der Waals surface area contributed by atoms with Crippen LogP contribution in [-0.4, -0.2) is 24.5 Å². The Kier molecular flexibility index (Phi) is 5.18. The number of hydrogen-bond donors (Lipinski definition) is 2. The predicted octanol–water partition coefficient (Wildman–Crippen LogP) is 3.80. The number of thioether (sulfide) groups is 1. The second-order valence-corrected chi connectivity index (χ2v) is 7.62. The summed E-state index contributed by atoms with van der Waals surface area (Å²) in [5.74, 6) is 1.25. The SMILES string of the molecule is Cc1ccc(-n2c(-c3ccccc3)cnc2SCc2nc(N)nc(N)n2)c(C)c1. The smallest absolute Gasteiger partial charge is 0.225 e. The van der Waals surface area contributed by atoms with Gasteiger partial charge in [0.05, 0.1) is 23.3 Å². The lowest BCUT2D eigenvalue weighted by molar-refractivity contribution is 0.888. The molecule has 0 fully saturated rings. The first-order chi connectivity index (χ1) is 14.0. The summed E-state index contributed by atoms with van der Waals surface area (Å²) in [6, 6.07) is 16.6. The Bertz CT molecular complexity index is 1130. The van der Waals surface area contributed by atoms with Gasteiger partial charge >= 0.3 is 0 Å². The highest BCUT2D eigenvalue weighted by Gasteiger charge is 2.16. The third-order valence-corrected chi connectivity index (χ3v) is 5.39. The minimum absolute atomic E-state index is 0.121. The summed E-state index contributed by atoms with van der Waals surface area (Å²) in [4.78, 5) is 16.8. The van der Waals surface area contributed by atoms with Crippen molar-refractivity contribution < 1.29 is 0 Å². The second-order valence-electron chi connectivity index (χ2n) is 6.67. The molecule has 8 heteroatoms. The molecule has 0 radical (unpaired) electrons. The van der Waals surface area contributed by atoms with Gasteiger partial charge in [-0.2, -0.15) is 15.0 Å². The second kappa shape index (κ2) is 7.92. The van der Waals surface area contributed by atoms with E-state index in [0.29, 0.717) is 11.6 Å². The standard InChI is InChI=1S/C21H21N7S/c1-13-8-9-16(14(2)10-13)28-17(15-6-4-3-5-7-15)11-24-21(28)29-12-18-25-19(22)27-20(23)26-18/h3-11H,12H2,1-2H3,(H4,22,23,25,26,27). The molecule has 146 valence electrons. The largest absolute Gasteiger partial charge is 0.368 e. The number of rotatable bonds is 5. The summed E-state index contributed by atoms with van der Waals surface area (Å²) in [6.07, 6.45) is 1.90. The molecule has 0 aliphatic rings. The highest BCUT2D eigenvalue weighted by molar-refractivity contribution is 7.98. The summed E-state index contributed by atoms with van der Waals surface area (Å²) >= 11 is 1.53. The summed E-state index contributed by atoms with van der Waals surface area (Å²) < 4.78 is 2.17. The van der Waals surface area contributed by atoms with E-state index >= 15 is 0 Å². The molecule has 7 nitrogen and oxygen atoms in total. The zero-order chi connectivity index (χ0) is 20.4. The van der Waals surface area contributed by atoms with E-state index in [1.807, 2.05) is 24.4 Å². The van der Waals surface area contributed by atoms with E-state index in [0.717, 1.165) is 22.1 Å². The minimum Gasteiger partial charge on any atom is -0.368 e. The predicted molar refractivity (Wildman–Crippen MR) is 117 cm³/mol. The molecule has 4 aromatic rings. The summed E-state index contributed by atoms with van der Waals surface area (Å²) in [5.41, 5.74) is 17.0. The van der Waals surface area contributed by atoms with Gasteiger partial charge in [-0.15, -0.1) is 0 Å². The molecule has 0 spiro atoms. The molecule has 4 rings (SSSR count). The lowest BCUT2D eigenvalue weighted by Gasteiger charge is -2.15. The third kappa shape index (κ3) is 4.07. The van der Waals surface area contributed by atoms with Crippen molar-refractivity contribution in [2.75, 3.05) is 11.5 Å². The van der Waals surface area contributed by atoms with Crippen LogP contribution >= 0.6 is 11.8 Å². The van der Waals surface area contributed by atoms with Gasteiger partial charge in [0.25, 0.3) is 0 Å². The van der Waals surface area contributed by atoms with Crippen LogP contribution in [0.25, 0.3) is 16.9 Å². The van der Waals surface area contributed by atoms with Crippen LogP contribution in [0, 0.1) is 13.8 Å². The first-order valence-corrected chi connectivity index (χ1v) is 10.1. The van der Waals surface area contributed by atoms with Gasteiger partial charge in [0.1, 0.15) is 5.82 Å². The number of nitrogens with zero attached hydrogens (tertiary/aromatic N) is 5. The molecule has 0 aliphatic carbocycles. The first-order valence-electron chi connectivity index (χ1n) is 9.11. The van der Waals surface area contributed by atoms with Crippen molar-refractivity contribution >= 4 is 23.7 Å². The zero-order valence-corrected chi connectivity index (χ0v) is 17.0. The molecule has 4 N–H and O–H groups in total. The van der Waals surface area contributed by atoms with Crippen LogP contribution in [-0.2, 0) is 5.75 Å². The number of aromatic nitrogens is 5. The summed E-state index contributed by atoms with van der Waals surface area (Å²) in [7, 11) is 0. The van der Waals surface area contributed by atoms with Crippen molar-refractivity contribution in [2.24, 2.45) is 0 Å². The summed E-state index contributed by atoms with van der Waals surface area (Å²) in [5, 5.41) is 0.841. The van der Waals surface area contributed by atoms with Gasteiger partial charge in [-0.3, -0.25) is 4.57 Å². The molecular weight excluding hydrogens is 382 g/mol. The Balaban J connectivity index is 1.76. The highest BCUT2D eigenvalue weighted by atomic mass is 32.2. The maximum absolute atomic E-state index is 5.69. The molecule has 29 heavy (non-hydrogen) atoms. The van der Waals surface area contributed by atoms with Crippen LogP contribution in [0.3, 0.4) is 0 Å². The van der Waals surface area contributed by atoms with Crippen molar-refractivity contribution in [3.8, 4) is 16.9 Å². The first kappa shape index (κ1) is 18.9. The van der Waals surface area contributed by atoms with Crippen molar-refractivity contribution in [3.05, 3.63) is 71.7 Å². The van der Waals surface area contributed by atoms with Gasteiger partial charge in [0, 0.05) is 5.56 Å². The molecule has 0 amide bonds. The van der Waals surface area contributed by atoms with E-state index in [1.165, 1.54) is 22.9 Å². The average molecular weight is 404 g/mol. The van der Waals surface area contributed by atoms with Crippen molar-refractivity contribution in [3.63, 3.8) is 0 Å². The van der Waals surface area contributed by atoms with Crippen molar-refractivity contribution in [1.82, 2.24) is 24.5 Å². The molecule has 0 saturated heterocycles. The number of imidazole rings is 1. The van der Waals surface area contributed by atoms with Gasteiger partial charge in [0.15, 0.2) is 5.16 Å². The van der Waals surface area contributed by atoms with Gasteiger partial charge in [-0.1, -0.05) is 59.8 Å². The van der Waals surface area contributed by atoms with Crippen molar-refractivity contribution in [2.45, 2.75) is 24.8 Å². The van der Waals surface area contributed by atoms with Crippen molar-refractivity contribution in [1.29, 1.82) is 0 Å². The van der Waals surface area contributed by atoms with Gasteiger partial charge < -0.3 is 11.5 Å². The minimum atomic E-state index is 0.121. The molecule has 0 aliphatic heterocycles. The van der Waals surface area contributed by atoms with Gasteiger partial charge in [-0.05, 0) is 25.5 Å². The fraction of sp³-hybridized carbons (Fsp3) is 0.143. The molecule has 2 aromatic heterocycles. The number of benzene rings is 2. The fourth-order valence-corrected chi connectivity index (χ4v) is 4.03. The highest BCUT2D eigenvalue weighted by Crippen LogP contribution is 2.32. The quantitative estimate of drug-likeness (QED) is 0.488. The molecule has 0 unspecified atom stereocenters. The number of aryl methyl sites for hydroxylation is 2. The van der Waals surface area contributed by atoms with Crippen LogP contribution in [0.2, 0.25) is 0 Å². The lowest BCUT2D eigenvalue weighted by atomic mass is 10.1. The Hall–Kier alpha value is -3.39. The normalized spacial score (nSPS) is 11.0. The van der Waals surface area contributed by atoms with E-state index in [2.05, 4.69) is 68.7 Å². The molecule has 2 aromatic carbocycles. The van der Waals surface area contributed by atoms with E-state index in [4.69, 9.17) is 11.5 Å². The number of nitrogen functional groups attached to an aromatic ring is 2. The van der Waals surface area contributed by atoms with Crippen LogP contribution < -0.4 is 11.5 Å². The maximum atomic E-state index is 5.69. The van der Waals surface area contributed by atoms with E-state index in [1.54, 1.807) is 0 Å². The van der Waals surface area contributed by atoms with Gasteiger partial charge in [0.2, 0.25) is 11.9 Å². The number of hydrogen-bond acceptors (Lipinski definition) is 7. The average Bonchev–Trinajstić information content (AvgIpc) is 3.10. The maximum Gasteiger partial charge on any atom is 0.225 e. The van der Waals surface area contributed by atoms with Gasteiger partial charge in [-0.25, -0.2) is 4.98 Å². The van der Waals surface area contributed by atoms with E-state index in [9.17, 15) is 0 Å². The van der Waals surface area contributed by atoms with Crippen LogP contribution in [0.1, 0.15) is 17.0 Å². The Morgan fingerprint density at radius 2 is 1.66 bits per heavy atom. The Morgan fingerprint density at radius 3 is 2.34 bits per heavy atom. The molecule has 2 heterocycles. The number of nitrogens with two attached hydrogens (primary N) is 2. The monoisotopic (exact) mass is 403 g/mol. The van der Waals surface area contributed by atoms with E-state index in [-0.39, 0.29) is 11.9 Å². The Morgan fingerprint density at radius 1 is 0.931 bits per heavy atom. The topological polar surface area (TPSA) is 109 Å². The molecule has 0 atom stereocenters. The third-order valence-electron chi connectivity index (χ3n) is 4.44. The Labute approximate surface area is 173 Å². The number of anilines is 2. The fourth-order valence-electron chi connectivity index (χ4n) is 3.19.